The molecule has 108 valence electrons. The van der Waals surface area contributed by atoms with Gasteiger partial charge in [0.25, 0.3) is 0 Å². The number of aromatic nitrogens is 1. The molecule has 0 unspecified atom stereocenters. The third-order valence-corrected chi connectivity index (χ3v) is 3.28. The zero-order chi connectivity index (χ0) is 12.3. The van der Waals surface area contributed by atoms with Crippen LogP contribution in [-0.4, -0.2) is 17.4 Å². The van der Waals surface area contributed by atoms with Gasteiger partial charge in [-0.15, -0.1) is 24.8 Å². The van der Waals surface area contributed by atoms with Gasteiger partial charge in [-0.05, 0) is 37.4 Å². The molecule has 1 fully saturated rings. The van der Waals surface area contributed by atoms with Gasteiger partial charge in [0.2, 0.25) is 5.91 Å². The number of nitrogens with one attached hydrogen (secondary N) is 1. The first kappa shape index (κ1) is 18.1. The fraction of sp³-hybridized carbons (Fsp3) is 0.500. The molecular weight excluding hydrogens is 292 g/mol. The molecule has 7 heteroatoms. The highest BCUT2D eigenvalue weighted by Crippen LogP contribution is 2.31. The lowest BCUT2D eigenvalue weighted by Crippen LogP contribution is -2.30. The number of hydrogen-bond donors (Lipinski definition) is 2. The number of anilines is 1. The van der Waals surface area contributed by atoms with Gasteiger partial charge in [-0.3, -0.25) is 4.79 Å². The fourth-order valence-corrected chi connectivity index (χ4v) is 2.33. The number of carbonyl (C=O) groups is 1. The normalized spacial score (nSPS) is 21.2. The zero-order valence-corrected chi connectivity index (χ0v) is 12.0. The number of rotatable bonds is 3. The van der Waals surface area contributed by atoms with Crippen LogP contribution in [0.15, 0.2) is 18.3 Å². The van der Waals surface area contributed by atoms with Crippen LogP contribution in [-0.2, 0) is 4.79 Å². The zero-order valence-electron chi connectivity index (χ0n) is 10.3. The van der Waals surface area contributed by atoms with Crippen LogP contribution < -0.4 is 11.1 Å². The van der Waals surface area contributed by atoms with E-state index in [1.54, 1.807) is 0 Å². The number of hydrogen-bond acceptors (Lipinski definition) is 3. The lowest BCUT2D eigenvalue weighted by molar-refractivity contribution is -0.120. The minimum Gasteiger partial charge on any atom is -0.330 e. The van der Waals surface area contributed by atoms with Gasteiger partial charge in [0.1, 0.15) is 11.6 Å². The van der Waals surface area contributed by atoms with Gasteiger partial charge >= 0.3 is 0 Å². The molecule has 0 bridgehead atoms. The Labute approximate surface area is 124 Å². The summed E-state index contributed by atoms with van der Waals surface area (Å²) in [6, 6.07) is 2.73. The van der Waals surface area contributed by atoms with Crippen LogP contribution in [0.4, 0.5) is 10.2 Å². The molecule has 0 spiro atoms. The summed E-state index contributed by atoms with van der Waals surface area (Å²) in [5.41, 5.74) is 5.63. The van der Waals surface area contributed by atoms with E-state index in [0.717, 1.165) is 25.5 Å². The summed E-state index contributed by atoms with van der Waals surface area (Å²) in [6.07, 6.45) is 4.00. The molecule has 1 aromatic heterocycles. The summed E-state index contributed by atoms with van der Waals surface area (Å²) in [7, 11) is 0. The second-order valence-electron chi connectivity index (χ2n) is 4.38. The Morgan fingerprint density at radius 1 is 1.42 bits per heavy atom. The SMILES string of the molecule is Cl.Cl.NC[C@H]1CCC[C@H]1C(=O)Nc1ccc(F)cn1. The molecule has 4 nitrogen and oxygen atoms in total. The summed E-state index contributed by atoms with van der Waals surface area (Å²) >= 11 is 0. The summed E-state index contributed by atoms with van der Waals surface area (Å²) < 4.78 is 12.6. The predicted octanol–water partition coefficient (Wildman–Crippen LogP) is 2.38. The lowest BCUT2D eigenvalue weighted by atomic mass is 9.95. The van der Waals surface area contributed by atoms with E-state index in [-0.39, 0.29) is 42.6 Å². The Balaban J connectivity index is 0.00000162. The maximum atomic E-state index is 12.6. The second kappa shape index (κ2) is 8.30. The predicted molar refractivity (Wildman–Crippen MR) is 77.2 cm³/mol. The first-order chi connectivity index (χ1) is 8.20. The molecule has 19 heavy (non-hydrogen) atoms. The van der Waals surface area contributed by atoms with Gasteiger partial charge in [-0.1, -0.05) is 6.42 Å². The van der Waals surface area contributed by atoms with Crippen LogP contribution in [0, 0.1) is 17.7 Å². The van der Waals surface area contributed by atoms with E-state index in [1.807, 2.05) is 0 Å². The van der Waals surface area contributed by atoms with Crippen molar-refractivity contribution in [2.75, 3.05) is 11.9 Å². The highest BCUT2D eigenvalue weighted by Gasteiger charge is 2.31. The molecule has 2 rings (SSSR count). The molecule has 0 aromatic carbocycles. The Bertz CT molecular complexity index is 402. The third kappa shape index (κ3) is 4.60. The summed E-state index contributed by atoms with van der Waals surface area (Å²) in [6.45, 7) is 0.537. The van der Waals surface area contributed by atoms with Gasteiger partial charge in [-0.25, -0.2) is 9.37 Å². The Kier molecular flexibility index (Phi) is 7.90. The van der Waals surface area contributed by atoms with Crippen molar-refractivity contribution in [2.24, 2.45) is 17.6 Å². The molecule has 0 radical (unpaired) electrons. The molecule has 1 saturated carbocycles. The first-order valence-electron chi connectivity index (χ1n) is 5.83. The third-order valence-electron chi connectivity index (χ3n) is 3.28. The van der Waals surface area contributed by atoms with E-state index in [1.165, 1.54) is 12.1 Å². The molecule has 1 aromatic rings. The van der Waals surface area contributed by atoms with Crippen molar-refractivity contribution in [3.05, 3.63) is 24.1 Å². The number of amides is 1. The van der Waals surface area contributed by atoms with Crippen molar-refractivity contribution in [2.45, 2.75) is 19.3 Å². The lowest BCUT2D eigenvalue weighted by Gasteiger charge is -2.16. The van der Waals surface area contributed by atoms with E-state index >= 15 is 0 Å². The number of nitrogens with two attached hydrogens (primary N) is 1. The van der Waals surface area contributed by atoms with Gasteiger partial charge in [0.05, 0.1) is 6.20 Å². The summed E-state index contributed by atoms with van der Waals surface area (Å²) in [4.78, 5) is 15.8. The van der Waals surface area contributed by atoms with Crippen LogP contribution in [0.25, 0.3) is 0 Å². The average molecular weight is 310 g/mol. The van der Waals surface area contributed by atoms with Crippen molar-refractivity contribution in [1.29, 1.82) is 0 Å². The van der Waals surface area contributed by atoms with Gasteiger partial charge in [0.15, 0.2) is 0 Å². The number of halogens is 3. The van der Waals surface area contributed by atoms with Crippen LogP contribution in [0.1, 0.15) is 19.3 Å². The highest BCUT2D eigenvalue weighted by atomic mass is 35.5. The maximum Gasteiger partial charge on any atom is 0.228 e. The number of nitrogens with zero attached hydrogens (tertiary/aromatic N) is 1. The van der Waals surface area contributed by atoms with Crippen LogP contribution >= 0.6 is 24.8 Å². The molecule has 3 N–H and O–H groups in total. The molecule has 0 saturated heterocycles. The minimum absolute atomic E-state index is 0. The van der Waals surface area contributed by atoms with Gasteiger partial charge in [-0.2, -0.15) is 0 Å². The Morgan fingerprint density at radius 3 is 2.74 bits per heavy atom. The molecule has 1 heterocycles. The maximum absolute atomic E-state index is 12.6. The fourth-order valence-electron chi connectivity index (χ4n) is 2.33. The molecule has 1 amide bonds. The highest BCUT2D eigenvalue weighted by molar-refractivity contribution is 5.92. The van der Waals surface area contributed by atoms with E-state index in [2.05, 4.69) is 10.3 Å². The number of carbonyl (C=O) groups excluding carboxylic acids is 1. The number of pyridine rings is 1. The summed E-state index contributed by atoms with van der Waals surface area (Å²) in [5, 5.41) is 2.70. The molecular formula is C12H18Cl2FN3O. The van der Waals surface area contributed by atoms with Crippen molar-refractivity contribution < 1.29 is 9.18 Å². The van der Waals surface area contributed by atoms with Crippen molar-refractivity contribution >= 4 is 36.5 Å². The molecule has 2 atom stereocenters. The topological polar surface area (TPSA) is 68.0 Å². The standard InChI is InChI=1S/C12H16FN3O.2ClH/c13-9-4-5-11(15-7-9)16-12(17)10-3-1-2-8(10)6-14;;/h4-5,7-8,10H,1-3,6,14H2,(H,15,16,17);2*1H/t8-,10-;;/m1../s1. The monoisotopic (exact) mass is 309 g/mol. The smallest absolute Gasteiger partial charge is 0.228 e. The van der Waals surface area contributed by atoms with Crippen molar-refractivity contribution in [3.63, 3.8) is 0 Å². The van der Waals surface area contributed by atoms with Crippen molar-refractivity contribution in [1.82, 2.24) is 4.98 Å². The van der Waals surface area contributed by atoms with E-state index < -0.39 is 5.82 Å². The Morgan fingerprint density at radius 2 is 2.16 bits per heavy atom. The minimum atomic E-state index is -0.413. The van der Waals surface area contributed by atoms with Crippen LogP contribution in [0.3, 0.4) is 0 Å². The Hall–Kier alpha value is -0.910. The van der Waals surface area contributed by atoms with E-state index in [0.29, 0.717) is 12.4 Å². The van der Waals surface area contributed by atoms with E-state index in [4.69, 9.17) is 5.73 Å². The molecule has 0 aliphatic heterocycles. The molecule has 1 aliphatic rings. The van der Waals surface area contributed by atoms with Crippen molar-refractivity contribution in [3.8, 4) is 0 Å². The largest absolute Gasteiger partial charge is 0.330 e. The van der Waals surface area contributed by atoms with Crippen LogP contribution in [0.5, 0.6) is 0 Å². The quantitative estimate of drug-likeness (QED) is 0.900. The van der Waals surface area contributed by atoms with Gasteiger partial charge < -0.3 is 11.1 Å². The second-order valence-corrected chi connectivity index (χ2v) is 4.38. The average Bonchev–Trinajstić information content (AvgIpc) is 2.80. The van der Waals surface area contributed by atoms with Crippen LogP contribution in [0.2, 0.25) is 0 Å². The first-order valence-corrected chi connectivity index (χ1v) is 5.83. The van der Waals surface area contributed by atoms with Gasteiger partial charge in [0, 0.05) is 5.92 Å². The summed E-state index contributed by atoms with van der Waals surface area (Å²) in [5.74, 6) is 0.141. The van der Waals surface area contributed by atoms with E-state index in [9.17, 15) is 9.18 Å². The molecule has 1 aliphatic carbocycles.